The van der Waals surface area contributed by atoms with Crippen LogP contribution in [0.4, 0.5) is 0 Å². The fourth-order valence-electron chi connectivity index (χ4n) is 14.1. The number of allylic oxidation sites excluding steroid dienone is 4. The number of para-hydroxylation sites is 3. The van der Waals surface area contributed by atoms with Gasteiger partial charge in [0.15, 0.2) is 0 Å². The van der Waals surface area contributed by atoms with Gasteiger partial charge in [0, 0.05) is 48.3 Å². The normalized spacial score (nSPS) is 16.1. The molecule has 3 aromatic heterocycles. The third-order valence-corrected chi connectivity index (χ3v) is 17.6. The summed E-state index contributed by atoms with van der Waals surface area (Å²) in [5, 5.41) is 21.4. The van der Waals surface area contributed by atoms with E-state index in [-0.39, 0.29) is 11.7 Å². The van der Waals surface area contributed by atoms with Crippen LogP contribution in [-0.4, -0.2) is 8.97 Å². The van der Waals surface area contributed by atoms with Crippen LogP contribution < -0.4 is 15.9 Å². The molecule has 17 rings (SSSR count). The van der Waals surface area contributed by atoms with E-state index in [2.05, 4.69) is 247 Å². The zero-order valence-corrected chi connectivity index (χ0v) is 41.6. The molecule has 1 atom stereocenters. The van der Waals surface area contributed by atoms with E-state index < -0.39 is 0 Å². The lowest BCUT2D eigenvalue weighted by Crippen LogP contribution is -2.42. The van der Waals surface area contributed by atoms with E-state index in [4.69, 9.17) is 4.99 Å². The number of aromatic nitrogens is 2. The number of hydrogen-bond acceptors (Lipinski definition) is 2. The fourth-order valence-corrected chi connectivity index (χ4v) is 14.1. The number of nitrogens with one attached hydrogen (secondary N) is 1. The Morgan fingerprint density at radius 3 is 1.81 bits per heavy atom. The molecule has 11 aromatic carbocycles. The van der Waals surface area contributed by atoms with E-state index in [1.54, 1.807) is 0 Å². The van der Waals surface area contributed by atoms with Crippen molar-refractivity contribution in [2.24, 2.45) is 4.99 Å². The third-order valence-electron chi connectivity index (χ3n) is 17.6. The Balaban J connectivity index is 0.755. The largest absolute Gasteiger partial charge is 0.345 e. The predicted molar refractivity (Wildman–Crippen MR) is 314 cm³/mol. The van der Waals surface area contributed by atoms with Gasteiger partial charge in [0.1, 0.15) is 0 Å². The topological polar surface area (TPSA) is 33.7 Å². The highest BCUT2D eigenvalue weighted by atomic mass is 15.3. The Bertz CT molecular complexity index is 5060. The summed E-state index contributed by atoms with van der Waals surface area (Å²) < 4.78 is 4.93. The van der Waals surface area contributed by atoms with E-state index in [1.807, 2.05) is 0 Å². The van der Waals surface area contributed by atoms with Crippen LogP contribution in [0.3, 0.4) is 0 Å². The summed E-state index contributed by atoms with van der Waals surface area (Å²) in [4.78, 5) is 5.69. The average molecular weight is 957 g/mol. The van der Waals surface area contributed by atoms with Gasteiger partial charge in [-0.2, -0.15) is 0 Å². The molecule has 1 N–H and O–H groups in total. The van der Waals surface area contributed by atoms with Crippen molar-refractivity contribution in [2.75, 3.05) is 0 Å². The number of nitrogens with zero attached hydrogens (tertiary/aromatic N) is 3. The number of benzene rings is 11. The summed E-state index contributed by atoms with van der Waals surface area (Å²) in [6.45, 7) is 4.84. The molecule has 0 saturated heterocycles. The van der Waals surface area contributed by atoms with Gasteiger partial charge in [0.05, 0.1) is 38.6 Å². The molecule has 0 radical (unpaired) electrons. The summed E-state index contributed by atoms with van der Waals surface area (Å²) in [6.07, 6.45) is 6.35. The molecular weight excluding hydrogens is 909 g/mol. The molecule has 0 spiro atoms. The van der Waals surface area contributed by atoms with Crippen molar-refractivity contribution in [3.05, 3.63) is 257 Å². The van der Waals surface area contributed by atoms with Crippen LogP contribution in [0.15, 0.2) is 223 Å². The summed E-state index contributed by atoms with van der Waals surface area (Å²) in [5.41, 5.74) is 19.2. The lowest BCUT2D eigenvalue weighted by Gasteiger charge is -2.26. The van der Waals surface area contributed by atoms with Crippen LogP contribution >= 0.6 is 0 Å². The number of hydrogen-bond donors (Lipinski definition) is 1. The van der Waals surface area contributed by atoms with Crippen LogP contribution in [0.1, 0.15) is 60.8 Å². The van der Waals surface area contributed by atoms with Crippen molar-refractivity contribution in [3.8, 4) is 11.1 Å². The second-order valence-corrected chi connectivity index (χ2v) is 21.7. The molecule has 4 heteroatoms. The molecule has 3 aliphatic rings. The van der Waals surface area contributed by atoms with E-state index in [0.29, 0.717) is 0 Å². The predicted octanol–water partition coefficient (Wildman–Crippen LogP) is 16.5. The van der Waals surface area contributed by atoms with Gasteiger partial charge >= 0.3 is 0 Å². The van der Waals surface area contributed by atoms with Crippen LogP contribution in [0.5, 0.6) is 0 Å². The maximum absolute atomic E-state index is 5.69. The molecular formula is C71H48N4. The van der Waals surface area contributed by atoms with Crippen LogP contribution in [0.2, 0.25) is 0 Å². The van der Waals surface area contributed by atoms with Gasteiger partial charge in [-0.25, -0.2) is 4.99 Å². The molecule has 0 amide bonds. The molecule has 0 saturated carbocycles. The number of fused-ring (bicyclic) bond motifs is 20. The van der Waals surface area contributed by atoms with Gasteiger partial charge < -0.3 is 14.3 Å². The van der Waals surface area contributed by atoms with Crippen molar-refractivity contribution in [2.45, 2.75) is 38.4 Å². The Labute approximate surface area is 432 Å². The quantitative estimate of drug-likeness (QED) is 0.175. The SMILES string of the molecule is CC1(C)c2cc(C3=CC=C(c4ccc5c(c4)c4ccccc4n5C4N=c5c(c6ccccc6c6ccccc56)=C(c5ccccc5)N4)CC3)ccc2-c2c1ccc1cc3c4cccc5c6ccccc6n(c3cc21)c54. The lowest BCUT2D eigenvalue weighted by atomic mass is 9.80. The highest BCUT2D eigenvalue weighted by molar-refractivity contribution is 6.25. The van der Waals surface area contributed by atoms with E-state index in [9.17, 15) is 0 Å². The number of rotatable bonds is 4. The van der Waals surface area contributed by atoms with Gasteiger partial charge in [-0.15, -0.1) is 0 Å². The average Bonchev–Trinajstić information content (AvgIpc) is 4.21. The Morgan fingerprint density at radius 2 is 1.04 bits per heavy atom. The van der Waals surface area contributed by atoms with Crippen molar-refractivity contribution in [3.63, 3.8) is 0 Å². The summed E-state index contributed by atoms with van der Waals surface area (Å²) >= 11 is 0. The Morgan fingerprint density at radius 1 is 0.440 bits per heavy atom. The lowest BCUT2D eigenvalue weighted by molar-refractivity contribution is 0.491. The van der Waals surface area contributed by atoms with Gasteiger partial charge in [-0.1, -0.05) is 190 Å². The molecule has 0 bridgehead atoms. The molecule has 0 fully saturated rings. The molecule has 1 unspecified atom stereocenters. The molecule has 352 valence electrons. The first kappa shape index (κ1) is 41.2. The van der Waals surface area contributed by atoms with E-state index >= 15 is 0 Å². The molecule has 4 nitrogen and oxygen atoms in total. The van der Waals surface area contributed by atoms with Crippen LogP contribution in [0, 0.1) is 0 Å². The fraction of sp³-hybridized carbons (Fsp3) is 0.0845. The maximum atomic E-state index is 5.69. The highest BCUT2D eigenvalue weighted by Crippen LogP contribution is 2.53. The van der Waals surface area contributed by atoms with E-state index in [0.717, 1.165) is 45.7 Å². The molecule has 4 heterocycles. The van der Waals surface area contributed by atoms with Crippen molar-refractivity contribution in [1.29, 1.82) is 0 Å². The monoisotopic (exact) mass is 956 g/mol. The Hall–Kier alpha value is -9.25. The maximum Gasteiger partial charge on any atom is 0.201 e. The van der Waals surface area contributed by atoms with Gasteiger partial charge in [-0.05, 0) is 132 Å². The first-order chi connectivity index (χ1) is 37.0. The first-order valence-electron chi connectivity index (χ1n) is 26.5. The van der Waals surface area contributed by atoms with E-state index in [1.165, 1.54) is 126 Å². The van der Waals surface area contributed by atoms with Crippen molar-refractivity contribution < 1.29 is 0 Å². The molecule has 14 aromatic rings. The van der Waals surface area contributed by atoms with Crippen molar-refractivity contribution in [1.82, 2.24) is 14.3 Å². The smallest absolute Gasteiger partial charge is 0.201 e. The second kappa shape index (κ2) is 14.9. The second-order valence-electron chi connectivity index (χ2n) is 21.7. The molecule has 2 aliphatic carbocycles. The molecule has 1 aliphatic heterocycles. The third kappa shape index (κ3) is 5.58. The van der Waals surface area contributed by atoms with Gasteiger partial charge in [0.25, 0.3) is 0 Å². The van der Waals surface area contributed by atoms with Crippen LogP contribution in [-0.2, 0) is 5.41 Å². The van der Waals surface area contributed by atoms with Crippen LogP contribution in [0.25, 0.3) is 120 Å². The Kier molecular flexibility index (Phi) is 8.21. The zero-order valence-electron chi connectivity index (χ0n) is 41.6. The minimum Gasteiger partial charge on any atom is -0.345 e. The van der Waals surface area contributed by atoms with Gasteiger partial charge in [0.2, 0.25) is 6.29 Å². The highest BCUT2D eigenvalue weighted by Gasteiger charge is 2.37. The van der Waals surface area contributed by atoms with Gasteiger partial charge in [-0.3, -0.25) is 0 Å². The summed E-state index contributed by atoms with van der Waals surface area (Å²) in [7, 11) is 0. The van der Waals surface area contributed by atoms with Crippen molar-refractivity contribution >= 4 is 109 Å². The first-order valence-corrected chi connectivity index (χ1v) is 26.5. The zero-order chi connectivity index (χ0) is 49.3. The summed E-state index contributed by atoms with van der Waals surface area (Å²) in [5.74, 6) is 0. The summed E-state index contributed by atoms with van der Waals surface area (Å²) in [6, 6.07) is 76.9. The minimum atomic E-state index is -0.376. The molecule has 75 heavy (non-hydrogen) atoms. The standard InChI is InChI=1S/C71H48N4/c1-71(2)59-35-32-46-38-58-54-24-14-23-53-49-19-10-12-25-61(49)74(69(53)54)64(58)40-56(46)65(59)55-34-31-45(39-60(55)71)42-29-27-41(28-30-42)44-33-36-63-57(37-44)50-20-11-13-26-62(50)75(63)70-72-67(43-15-4-3-5-16-43)66-51-21-8-6-17-47(51)48-18-7-9-22-52(48)68(66)73-70/h3-27,29,31-40,70,72H,28,30H2,1-2H3. The minimum absolute atomic E-state index is 0.137.